The van der Waals surface area contributed by atoms with E-state index in [-0.39, 0.29) is 29.7 Å². The van der Waals surface area contributed by atoms with Crippen molar-refractivity contribution in [1.82, 2.24) is 4.31 Å². The maximum atomic E-state index is 13.0. The fraction of sp³-hybridized carbons (Fsp3) is 0.350. The lowest BCUT2D eigenvalue weighted by molar-refractivity contribution is 0.0696. The lowest BCUT2D eigenvalue weighted by Gasteiger charge is -2.26. The molecule has 1 saturated heterocycles. The molecule has 0 aliphatic carbocycles. The Kier molecular flexibility index (Phi) is 6.14. The molecule has 1 heterocycles. The van der Waals surface area contributed by atoms with Crippen LogP contribution >= 0.6 is 0 Å². The maximum Gasteiger partial charge on any atom is 0.335 e. The first kappa shape index (κ1) is 20.5. The monoisotopic (exact) mass is 405 g/mol. The number of aromatic carboxylic acids is 1. The Bertz CT molecular complexity index is 949. The van der Waals surface area contributed by atoms with E-state index in [9.17, 15) is 18.3 Å². The van der Waals surface area contributed by atoms with Crippen molar-refractivity contribution in [3.63, 3.8) is 0 Å². The van der Waals surface area contributed by atoms with E-state index < -0.39 is 16.0 Å². The Balaban J connectivity index is 2.04. The third-order valence-electron chi connectivity index (χ3n) is 4.83. The van der Waals surface area contributed by atoms with Gasteiger partial charge in [0, 0.05) is 20.2 Å². The molecule has 2 aromatic rings. The van der Waals surface area contributed by atoms with Gasteiger partial charge in [0.1, 0.15) is 0 Å². The van der Waals surface area contributed by atoms with Crippen molar-refractivity contribution in [2.24, 2.45) is 0 Å². The molecule has 1 atom stereocenters. The van der Waals surface area contributed by atoms with E-state index in [1.54, 1.807) is 7.11 Å². The van der Waals surface area contributed by atoms with Crippen LogP contribution in [0.25, 0.3) is 11.1 Å². The number of hydrogen-bond acceptors (Lipinski definition) is 5. The minimum atomic E-state index is -3.80. The molecule has 1 aliphatic rings. The third-order valence-corrected chi connectivity index (χ3v) is 6.70. The molecule has 3 rings (SSSR count). The number of methoxy groups -OCH3 is 1. The van der Waals surface area contributed by atoms with Gasteiger partial charge in [0.05, 0.1) is 29.8 Å². The molecule has 7 nitrogen and oxygen atoms in total. The first-order valence-corrected chi connectivity index (χ1v) is 10.4. The van der Waals surface area contributed by atoms with Gasteiger partial charge in [-0.15, -0.1) is 0 Å². The topological polar surface area (TPSA) is 93.1 Å². The van der Waals surface area contributed by atoms with Crippen LogP contribution in [0.5, 0.6) is 0 Å². The van der Waals surface area contributed by atoms with Crippen molar-refractivity contribution in [1.29, 1.82) is 0 Å². The van der Waals surface area contributed by atoms with Gasteiger partial charge in [-0.05, 0) is 41.8 Å². The van der Waals surface area contributed by atoms with Crippen LogP contribution in [0, 0.1) is 0 Å². The van der Waals surface area contributed by atoms with Crippen molar-refractivity contribution in [3.05, 3.63) is 53.6 Å². The van der Waals surface area contributed by atoms with E-state index in [1.807, 2.05) is 31.2 Å². The number of rotatable bonds is 6. The zero-order chi connectivity index (χ0) is 20.3. The molecule has 1 aliphatic heterocycles. The minimum absolute atomic E-state index is 0.0290. The van der Waals surface area contributed by atoms with Crippen LogP contribution in [-0.4, -0.2) is 57.2 Å². The molecule has 0 amide bonds. The Morgan fingerprint density at radius 1 is 1.11 bits per heavy atom. The highest BCUT2D eigenvalue weighted by molar-refractivity contribution is 7.89. The number of morpholine rings is 1. The molecule has 0 unspecified atom stereocenters. The Morgan fingerprint density at radius 3 is 2.32 bits per heavy atom. The summed E-state index contributed by atoms with van der Waals surface area (Å²) in [6.45, 7) is 3.07. The summed E-state index contributed by atoms with van der Waals surface area (Å²) in [5, 5.41) is 9.46. The number of sulfonamides is 1. The Morgan fingerprint density at radius 2 is 1.75 bits per heavy atom. The van der Waals surface area contributed by atoms with Crippen LogP contribution in [0.4, 0.5) is 0 Å². The standard InChI is InChI=1S/C20H23NO6S/c1-14(26-2)15-3-5-16(6-4-15)17-11-18(20(22)23)13-19(12-17)28(24,25)21-7-9-27-10-8-21/h3-6,11-14H,7-10H2,1-2H3,(H,22,23)/t14-/m1/s1. The molecular formula is C20H23NO6S. The van der Waals surface area contributed by atoms with Gasteiger partial charge < -0.3 is 14.6 Å². The SMILES string of the molecule is CO[C@H](C)c1ccc(-c2cc(C(=O)O)cc(S(=O)(=O)N3CCOCC3)c2)cc1. The summed E-state index contributed by atoms with van der Waals surface area (Å²) < 4.78 is 37.8. The summed E-state index contributed by atoms with van der Waals surface area (Å²) in [7, 11) is -2.18. The molecule has 1 fully saturated rings. The second-order valence-corrected chi connectivity index (χ2v) is 8.51. The number of carbonyl (C=O) groups is 1. The Hall–Kier alpha value is -2.26. The van der Waals surface area contributed by atoms with Crippen molar-refractivity contribution >= 4 is 16.0 Å². The van der Waals surface area contributed by atoms with E-state index in [0.29, 0.717) is 18.8 Å². The molecule has 0 spiro atoms. The molecule has 8 heteroatoms. The number of nitrogens with zero attached hydrogens (tertiary/aromatic N) is 1. The van der Waals surface area contributed by atoms with Crippen LogP contribution in [0.3, 0.4) is 0 Å². The highest BCUT2D eigenvalue weighted by Gasteiger charge is 2.27. The summed E-state index contributed by atoms with van der Waals surface area (Å²) in [6.07, 6.45) is -0.0725. The minimum Gasteiger partial charge on any atom is -0.478 e. The van der Waals surface area contributed by atoms with Gasteiger partial charge in [0.2, 0.25) is 10.0 Å². The third kappa shape index (κ3) is 4.25. The number of ether oxygens (including phenoxy) is 2. The first-order chi connectivity index (χ1) is 13.3. The van der Waals surface area contributed by atoms with Gasteiger partial charge in [0.15, 0.2) is 0 Å². The number of hydrogen-bond donors (Lipinski definition) is 1. The molecule has 1 N–H and O–H groups in total. The van der Waals surface area contributed by atoms with E-state index in [1.165, 1.54) is 22.5 Å². The molecule has 0 radical (unpaired) electrons. The summed E-state index contributed by atoms with van der Waals surface area (Å²) in [6, 6.07) is 11.6. The van der Waals surface area contributed by atoms with E-state index in [4.69, 9.17) is 9.47 Å². The predicted molar refractivity (Wildman–Crippen MR) is 104 cm³/mol. The van der Waals surface area contributed by atoms with Crippen LogP contribution in [-0.2, 0) is 19.5 Å². The van der Waals surface area contributed by atoms with Gasteiger partial charge in [-0.25, -0.2) is 13.2 Å². The van der Waals surface area contributed by atoms with Gasteiger partial charge in [0.25, 0.3) is 0 Å². The van der Waals surface area contributed by atoms with Gasteiger partial charge >= 0.3 is 5.97 Å². The molecule has 0 saturated carbocycles. The van der Waals surface area contributed by atoms with Crippen LogP contribution in [0.15, 0.2) is 47.4 Å². The van der Waals surface area contributed by atoms with Gasteiger partial charge in [-0.3, -0.25) is 0 Å². The second kappa shape index (κ2) is 8.40. The first-order valence-electron chi connectivity index (χ1n) is 8.92. The summed E-state index contributed by atoms with van der Waals surface area (Å²) in [4.78, 5) is 11.5. The molecule has 0 bridgehead atoms. The van der Waals surface area contributed by atoms with Crippen LogP contribution in [0.2, 0.25) is 0 Å². The summed E-state index contributed by atoms with van der Waals surface area (Å²) in [5.74, 6) is -1.18. The van der Waals surface area contributed by atoms with Gasteiger partial charge in [-0.1, -0.05) is 24.3 Å². The normalized spacial score (nSPS) is 16.6. The average molecular weight is 405 g/mol. The summed E-state index contributed by atoms with van der Waals surface area (Å²) >= 11 is 0. The molecule has 150 valence electrons. The lowest BCUT2D eigenvalue weighted by atomic mass is 10.0. The van der Waals surface area contributed by atoms with Crippen molar-refractivity contribution in [2.75, 3.05) is 33.4 Å². The number of benzene rings is 2. The molecule has 0 aromatic heterocycles. The summed E-state index contributed by atoms with van der Waals surface area (Å²) in [5.41, 5.74) is 2.16. The van der Waals surface area contributed by atoms with E-state index in [2.05, 4.69) is 0 Å². The van der Waals surface area contributed by atoms with Crippen molar-refractivity contribution in [2.45, 2.75) is 17.9 Å². The fourth-order valence-corrected chi connectivity index (χ4v) is 4.54. The zero-order valence-electron chi connectivity index (χ0n) is 15.8. The largest absolute Gasteiger partial charge is 0.478 e. The molecular weight excluding hydrogens is 382 g/mol. The van der Waals surface area contributed by atoms with Crippen molar-refractivity contribution < 1.29 is 27.8 Å². The van der Waals surface area contributed by atoms with E-state index in [0.717, 1.165) is 11.1 Å². The van der Waals surface area contributed by atoms with Crippen LogP contribution in [0.1, 0.15) is 28.9 Å². The number of carboxylic acid groups (broad SMARTS) is 1. The molecule has 2 aromatic carbocycles. The predicted octanol–water partition coefficient (Wildman–Crippen LogP) is 2.78. The Labute approximate surface area is 164 Å². The van der Waals surface area contributed by atoms with E-state index >= 15 is 0 Å². The fourth-order valence-electron chi connectivity index (χ4n) is 3.06. The van der Waals surface area contributed by atoms with Crippen molar-refractivity contribution in [3.8, 4) is 11.1 Å². The number of carboxylic acids is 1. The highest BCUT2D eigenvalue weighted by Crippen LogP contribution is 2.28. The second-order valence-electron chi connectivity index (χ2n) is 6.57. The zero-order valence-corrected chi connectivity index (χ0v) is 16.6. The highest BCUT2D eigenvalue weighted by atomic mass is 32.2. The smallest absolute Gasteiger partial charge is 0.335 e. The van der Waals surface area contributed by atoms with Gasteiger partial charge in [-0.2, -0.15) is 4.31 Å². The lowest BCUT2D eigenvalue weighted by Crippen LogP contribution is -2.40. The average Bonchev–Trinajstić information content (AvgIpc) is 2.73. The maximum absolute atomic E-state index is 13.0. The van der Waals surface area contributed by atoms with Crippen LogP contribution < -0.4 is 0 Å². The quantitative estimate of drug-likeness (QED) is 0.794. The molecule has 28 heavy (non-hydrogen) atoms.